The molecule has 0 aliphatic heterocycles. The fourth-order valence-electron chi connectivity index (χ4n) is 5.92. The summed E-state index contributed by atoms with van der Waals surface area (Å²) in [5.74, 6) is 1.49. The lowest BCUT2D eigenvalue weighted by Crippen LogP contribution is -2.49. The van der Waals surface area contributed by atoms with Gasteiger partial charge in [0.2, 0.25) is 0 Å². The third-order valence-corrected chi connectivity index (χ3v) is 7.15. The van der Waals surface area contributed by atoms with Gasteiger partial charge in [-0.25, -0.2) is 0 Å². The molecule has 2 nitrogen and oxygen atoms in total. The zero-order valence-electron chi connectivity index (χ0n) is 13.8. The molecule has 0 radical (unpaired) electrons. The van der Waals surface area contributed by atoms with Gasteiger partial charge in [0.1, 0.15) is 5.78 Å². The Morgan fingerprint density at radius 1 is 1.23 bits per heavy atom. The van der Waals surface area contributed by atoms with Gasteiger partial charge in [0, 0.05) is 30.3 Å². The van der Waals surface area contributed by atoms with E-state index in [9.17, 15) is 4.79 Å². The van der Waals surface area contributed by atoms with Crippen LogP contribution in [0.3, 0.4) is 0 Å². The number of methoxy groups -OCH3 is 1. The van der Waals surface area contributed by atoms with Crippen molar-refractivity contribution in [3.63, 3.8) is 0 Å². The van der Waals surface area contributed by atoms with Gasteiger partial charge < -0.3 is 4.74 Å². The summed E-state index contributed by atoms with van der Waals surface area (Å²) in [5.41, 5.74) is 1.64. The van der Waals surface area contributed by atoms with E-state index in [1.807, 2.05) is 13.2 Å². The first-order chi connectivity index (χ1) is 10.5. The van der Waals surface area contributed by atoms with Gasteiger partial charge in [-0.3, -0.25) is 4.79 Å². The fraction of sp³-hybridized carbons (Fsp3) is 0.650. The summed E-state index contributed by atoms with van der Waals surface area (Å²) in [6.45, 7) is 4.64. The van der Waals surface area contributed by atoms with Gasteiger partial charge in [0.05, 0.1) is 6.10 Å². The molecule has 0 aromatic carbocycles. The number of Topliss-reactive ketones (excluding diaryl/α,β-unsaturated/α-hetero) is 1. The van der Waals surface area contributed by atoms with Crippen molar-refractivity contribution in [2.75, 3.05) is 7.11 Å². The van der Waals surface area contributed by atoms with Gasteiger partial charge in [-0.05, 0) is 31.1 Å². The maximum atomic E-state index is 12.8. The topological polar surface area (TPSA) is 26.3 Å². The molecule has 0 aromatic heterocycles. The molecule has 2 heteroatoms. The SMILES string of the molecule is CO[C@H]1CC[C@H]2[C@@H]3CC(=O)[C@@H]4C=CC=C[C@]4(C)C3=CC[C@]12C. The standard InChI is InChI=1S/C20H26O2/c1-19-10-5-4-6-16(19)17(21)12-13-14-7-8-18(22-3)20(14,2)11-9-15(13)19/h4-6,9-10,13-14,16,18H,7-8,11-12H2,1-3H3/t13-,14-,16-,18-,19+,20-/m0/s1. The van der Waals surface area contributed by atoms with E-state index in [2.05, 4.69) is 38.2 Å². The molecular weight excluding hydrogens is 272 g/mol. The Hall–Kier alpha value is -1.15. The maximum Gasteiger partial charge on any atom is 0.141 e. The number of hydrogen-bond donors (Lipinski definition) is 0. The second-order valence-electron chi connectivity index (χ2n) is 8.06. The lowest BCUT2D eigenvalue weighted by atomic mass is 9.51. The fourth-order valence-corrected chi connectivity index (χ4v) is 5.92. The van der Waals surface area contributed by atoms with E-state index >= 15 is 0 Å². The van der Waals surface area contributed by atoms with Crippen molar-refractivity contribution in [1.29, 1.82) is 0 Å². The maximum absolute atomic E-state index is 12.8. The van der Waals surface area contributed by atoms with Crippen LogP contribution in [0.5, 0.6) is 0 Å². The largest absolute Gasteiger partial charge is 0.381 e. The van der Waals surface area contributed by atoms with Crippen molar-refractivity contribution in [3.8, 4) is 0 Å². The number of rotatable bonds is 1. The Morgan fingerprint density at radius 2 is 2.05 bits per heavy atom. The van der Waals surface area contributed by atoms with Gasteiger partial charge in [0.25, 0.3) is 0 Å². The van der Waals surface area contributed by atoms with Crippen LogP contribution < -0.4 is 0 Å². The van der Waals surface area contributed by atoms with E-state index in [4.69, 9.17) is 4.74 Å². The predicted octanol–water partition coefficient (Wildman–Crippen LogP) is 4.09. The molecule has 0 amide bonds. The summed E-state index contributed by atoms with van der Waals surface area (Å²) < 4.78 is 5.78. The van der Waals surface area contributed by atoms with Crippen molar-refractivity contribution in [1.82, 2.24) is 0 Å². The first kappa shape index (κ1) is 14.4. The molecule has 0 N–H and O–H groups in total. The average Bonchev–Trinajstić information content (AvgIpc) is 2.84. The average molecular weight is 298 g/mol. The molecule has 0 spiro atoms. The molecule has 0 heterocycles. The molecule has 0 bridgehead atoms. The molecule has 0 saturated heterocycles. The normalized spacial score (nSPS) is 49.4. The van der Waals surface area contributed by atoms with E-state index in [-0.39, 0.29) is 16.7 Å². The highest BCUT2D eigenvalue weighted by Crippen LogP contribution is 2.62. The molecule has 118 valence electrons. The lowest BCUT2D eigenvalue weighted by molar-refractivity contribution is -0.128. The van der Waals surface area contributed by atoms with Crippen LogP contribution >= 0.6 is 0 Å². The third-order valence-electron chi connectivity index (χ3n) is 7.15. The first-order valence-electron chi connectivity index (χ1n) is 8.63. The van der Waals surface area contributed by atoms with Crippen LogP contribution in [0.15, 0.2) is 36.0 Å². The Kier molecular flexibility index (Phi) is 3.07. The Balaban J connectivity index is 1.78. The van der Waals surface area contributed by atoms with Gasteiger partial charge in [-0.15, -0.1) is 0 Å². The number of fused-ring (bicyclic) bond motifs is 5. The summed E-state index contributed by atoms with van der Waals surface area (Å²) >= 11 is 0. The minimum Gasteiger partial charge on any atom is -0.381 e. The number of ether oxygens (including phenoxy) is 1. The third kappa shape index (κ3) is 1.68. The van der Waals surface area contributed by atoms with E-state index in [1.54, 1.807) is 0 Å². The smallest absolute Gasteiger partial charge is 0.141 e. The van der Waals surface area contributed by atoms with Gasteiger partial charge in [-0.2, -0.15) is 0 Å². The molecule has 2 fully saturated rings. The van der Waals surface area contributed by atoms with E-state index < -0.39 is 0 Å². The first-order valence-corrected chi connectivity index (χ1v) is 8.63. The summed E-state index contributed by atoms with van der Waals surface area (Å²) in [4.78, 5) is 12.8. The van der Waals surface area contributed by atoms with Crippen molar-refractivity contribution < 1.29 is 9.53 Å². The van der Waals surface area contributed by atoms with Crippen LogP contribution in [0, 0.1) is 28.6 Å². The van der Waals surface area contributed by atoms with Crippen LogP contribution in [0.2, 0.25) is 0 Å². The molecule has 4 aliphatic carbocycles. The number of allylic oxidation sites excluding steroid dienone is 6. The van der Waals surface area contributed by atoms with Gasteiger partial charge in [0.15, 0.2) is 0 Å². The highest BCUT2D eigenvalue weighted by Gasteiger charge is 2.57. The second-order valence-corrected chi connectivity index (χ2v) is 8.06. The Morgan fingerprint density at radius 3 is 2.82 bits per heavy atom. The van der Waals surface area contributed by atoms with E-state index in [1.165, 1.54) is 12.0 Å². The summed E-state index contributed by atoms with van der Waals surface area (Å²) in [6.07, 6.45) is 15.5. The Bertz CT molecular complexity index is 599. The minimum atomic E-state index is -0.0960. The van der Waals surface area contributed by atoms with Crippen LogP contribution in [0.1, 0.15) is 39.5 Å². The van der Waals surface area contributed by atoms with Crippen molar-refractivity contribution in [2.24, 2.45) is 28.6 Å². The van der Waals surface area contributed by atoms with Crippen molar-refractivity contribution in [3.05, 3.63) is 36.0 Å². The summed E-state index contributed by atoms with van der Waals surface area (Å²) in [5, 5.41) is 0. The monoisotopic (exact) mass is 298 g/mol. The summed E-state index contributed by atoms with van der Waals surface area (Å²) in [6, 6.07) is 0. The second kappa shape index (κ2) is 4.67. The zero-order chi connectivity index (χ0) is 15.5. The zero-order valence-corrected chi connectivity index (χ0v) is 13.8. The molecule has 4 rings (SSSR count). The molecular formula is C20H26O2. The molecule has 2 saturated carbocycles. The molecule has 22 heavy (non-hydrogen) atoms. The molecule has 0 aromatic rings. The van der Waals surface area contributed by atoms with E-state index in [0.29, 0.717) is 23.7 Å². The quantitative estimate of drug-likeness (QED) is 0.682. The van der Waals surface area contributed by atoms with Crippen LogP contribution in [-0.2, 0) is 9.53 Å². The number of carbonyl (C=O) groups is 1. The number of ketones is 1. The molecule has 0 unspecified atom stereocenters. The lowest BCUT2D eigenvalue weighted by Gasteiger charge is -2.52. The van der Waals surface area contributed by atoms with Crippen molar-refractivity contribution in [2.45, 2.75) is 45.6 Å². The highest BCUT2D eigenvalue weighted by atomic mass is 16.5. The summed E-state index contributed by atoms with van der Waals surface area (Å²) in [7, 11) is 1.84. The highest BCUT2D eigenvalue weighted by molar-refractivity contribution is 5.87. The number of hydrogen-bond acceptors (Lipinski definition) is 2. The van der Waals surface area contributed by atoms with Crippen LogP contribution in [0.25, 0.3) is 0 Å². The molecule has 6 atom stereocenters. The Labute approximate surface area is 133 Å². The minimum absolute atomic E-state index is 0.0454. The van der Waals surface area contributed by atoms with Gasteiger partial charge >= 0.3 is 0 Å². The van der Waals surface area contributed by atoms with E-state index in [0.717, 1.165) is 19.3 Å². The molecule has 4 aliphatic rings. The predicted molar refractivity (Wildman–Crippen MR) is 87.3 cm³/mol. The van der Waals surface area contributed by atoms with Crippen LogP contribution in [-0.4, -0.2) is 19.0 Å². The van der Waals surface area contributed by atoms with Gasteiger partial charge in [-0.1, -0.05) is 49.8 Å². The van der Waals surface area contributed by atoms with Crippen LogP contribution in [0.4, 0.5) is 0 Å². The van der Waals surface area contributed by atoms with Crippen molar-refractivity contribution >= 4 is 5.78 Å². The number of carbonyl (C=O) groups excluding carboxylic acids is 1.